The highest BCUT2D eigenvalue weighted by molar-refractivity contribution is 5.89. The second kappa shape index (κ2) is 21.0. The van der Waals surface area contributed by atoms with E-state index in [1.165, 1.54) is 36.4 Å². The average Bonchev–Trinajstić information content (AvgIpc) is 4.25. The van der Waals surface area contributed by atoms with Crippen LogP contribution in [0, 0.1) is 11.8 Å². The molecule has 14 nitrogen and oxygen atoms in total. The Hall–Kier alpha value is -7.50. The van der Waals surface area contributed by atoms with Gasteiger partial charge in [-0.1, -0.05) is 6.07 Å². The van der Waals surface area contributed by atoms with E-state index in [2.05, 4.69) is 29.4 Å². The second-order valence-electron chi connectivity index (χ2n) is 14.8. The zero-order valence-corrected chi connectivity index (χ0v) is 34.1. The molecule has 2 heterocycles. The van der Waals surface area contributed by atoms with Crippen molar-refractivity contribution in [2.75, 3.05) is 23.0 Å². The summed E-state index contributed by atoms with van der Waals surface area (Å²) in [5.74, 6) is -0.900. The summed E-state index contributed by atoms with van der Waals surface area (Å²) in [4.78, 5) is 43.2. The third kappa shape index (κ3) is 12.8. The number of aromatic carboxylic acids is 2. The van der Waals surface area contributed by atoms with E-state index in [4.69, 9.17) is 9.47 Å². The summed E-state index contributed by atoms with van der Waals surface area (Å²) in [7, 11) is 0. The molecule has 2 aliphatic carbocycles. The molecule has 2 saturated carbocycles. The van der Waals surface area contributed by atoms with E-state index >= 15 is 0 Å². The third-order valence-corrected chi connectivity index (χ3v) is 9.96. The van der Waals surface area contributed by atoms with Crippen LogP contribution in [0.15, 0.2) is 122 Å². The van der Waals surface area contributed by atoms with E-state index in [9.17, 15) is 37.4 Å². The van der Waals surface area contributed by atoms with Crippen LogP contribution in [0.2, 0.25) is 0 Å². The molecule has 18 heteroatoms. The third-order valence-electron chi connectivity index (χ3n) is 9.96. The number of hydrogen-bond donors (Lipinski definition) is 2. The molecule has 2 fully saturated rings. The highest BCUT2D eigenvalue weighted by atomic mass is 19.3. The number of aromatic nitrogens is 4. The van der Waals surface area contributed by atoms with E-state index in [0.717, 1.165) is 25.7 Å². The van der Waals surface area contributed by atoms with Gasteiger partial charge in [-0.2, -0.15) is 17.6 Å². The SMILES string of the molecule is O=C(O)c1ccc(N(Cc2cnccn2)c2ccc(OC(F)F)c(OCC3CC3)c2)cc1.O=C(O)c1cccc(N(Cc2cnccn2)c2ccc(OC(F)F)c(OCC3CC3)c2)c1. The first-order valence-corrected chi connectivity index (χ1v) is 20.1. The predicted octanol–water partition coefficient (Wildman–Crippen LogP) is 9.81. The lowest BCUT2D eigenvalue weighted by molar-refractivity contribution is -0.0521. The Balaban J connectivity index is 0.000000191. The van der Waals surface area contributed by atoms with Crippen LogP contribution in [0.25, 0.3) is 0 Å². The van der Waals surface area contributed by atoms with E-state index in [-0.39, 0.29) is 40.7 Å². The Labute approximate surface area is 364 Å². The van der Waals surface area contributed by atoms with Crippen molar-refractivity contribution in [3.63, 3.8) is 0 Å². The zero-order valence-electron chi connectivity index (χ0n) is 34.1. The number of ether oxygens (including phenoxy) is 4. The first-order chi connectivity index (χ1) is 31.0. The van der Waals surface area contributed by atoms with Crippen molar-refractivity contribution in [2.45, 2.75) is 52.0 Å². The molecular formula is C46H42F4N6O8. The molecule has 2 N–H and O–H groups in total. The van der Waals surface area contributed by atoms with Crippen LogP contribution in [0.1, 0.15) is 57.8 Å². The summed E-state index contributed by atoms with van der Waals surface area (Å²) >= 11 is 0. The van der Waals surface area contributed by atoms with Crippen molar-refractivity contribution in [3.05, 3.63) is 145 Å². The molecule has 0 unspecified atom stereocenters. The minimum Gasteiger partial charge on any atom is -0.489 e. The molecule has 0 radical (unpaired) electrons. The molecule has 0 saturated heterocycles. The van der Waals surface area contributed by atoms with Gasteiger partial charge in [0.05, 0.1) is 61.2 Å². The van der Waals surface area contributed by atoms with Crippen molar-refractivity contribution < 1.29 is 56.3 Å². The lowest BCUT2D eigenvalue weighted by atomic mass is 10.1. The number of benzene rings is 4. The molecule has 64 heavy (non-hydrogen) atoms. The van der Waals surface area contributed by atoms with Gasteiger partial charge in [-0.3, -0.25) is 19.9 Å². The maximum absolute atomic E-state index is 12.9. The Bertz CT molecular complexity index is 2480. The summed E-state index contributed by atoms with van der Waals surface area (Å²) in [5, 5.41) is 18.6. The van der Waals surface area contributed by atoms with Gasteiger partial charge in [0.25, 0.3) is 0 Å². The number of hydrogen-bond acceptors (Lipinski definition) is 12. The molecule has 0 spiro atoms. The maximum atomic E-state index is 12.9. The van der Waals surface area contributed by atoms with Gasteiger partial charge in [0.1, 0.15) is 0 Å². The minimum atomic E-state index is -2.98. The van der Waals surface area contributed by atoms with Crippen molar-refractivity contribution >= 4 is 34.7 Å². The molecule has 0 amide bonds. The summed E-state index contributed by atoms with van der Waals surface area (Å²) in [6.45, 7) is -4.51. The fourth-order valence-corrected chi connectivity index (χ4v) is 6.33. The molecule has 2 aromatic heterocycles. The summed E-state index contributed by atoms with van der Waals surface area (Å²) < 4.78 is 72.4. The van der Waals surface area contributed by atoms with Crippen molar-refractivity contribution in [1.29, 1.82) is 0 Å². The van der Waals surface area contributed by atoms with Crippen LogP contribution in [0.4, 0.5) is 40.3 Å². The Kier molecular flexibility index (Phi) is 14.7. The predicted molar refractivity (Wildman–Crippen MR) is 225 cm³/mol. The van der Waals surface area contributed by atoms with Crippen molar-refractivity contribution in [2.24, 2.45) is 11.8 Å². The number of carboxylic acid groups (broad SMARTS) is 2. The summed E-state index contributed by atoms with van der Waals surface area (Å²) in [6, 6.07) is 22.2. The molecular weight excluding hydrogens is 841 g/mol. The van der Waals surface area contributed by atoms with Crippen LogP contribution >= 0.6 is 0 Å². The fraction of sp³-hybridized carbons (Fsp3) is 0.261. The summed E-state index contributed by atoms with van der Waals surface area (Å²) in [6.07, 6.45) is 13.7. The standard InChI is InChI=1S/2C23H21F2N3O4/c24-23(25)32-20-8-7-19(11-21(20)31-14-15-1-2-15)28(13-17-12-26-9-10-27-17)18-5-3-16(4-6-18)22(29)30;24-23(25)32-20-7-6-19(11-21(20)31-14-15-4-5-15)28(13-17-12-26-8-9-27-17)18-3-1-2-16(10-18)22(29)30/h3-12,15,23H,1-2,13-14H2,(H,29,30);1-3,6-12,15,23H,4-5,13-14H2,(H,29,30). The van der Waals surface area contributed by atoms with Gasteiger partial charge < -0.3 is 39.0 Å². The highest BCUT2D eigenvalue weighted by Gasteiger charge is 2.25. The second-order valence-corrected chi connectivity index (χ2v) is 14.8. The number of halogens is 4. The zero-order chi connectivity index (χ0) is 45.0. The largest absolute Gasteiger partial charge is 0.489 e. The molecule has 4 aromatic carbocycles. The van der Waals surface area contributed by atoms with Crippen molar-refractivity contribution in [1.82, 2.24) is 19.9 Å². The highest BCUT2D eigenvalue weighted by Crippen LogP contribution is 2.40. The van der Waals surface area contributed by atoms with Gasteiger partial charge in [0.15, 0.2) is 23.0 Å². The number of nitrogens with zero attached hydrogens (tertiary/aromatic N) is 6. The molecule has 2 aliphatic rings. The van der Waals surface area contributed by atoms with E-state index in [1.807, 2.05) is 9.80 Å². The number of rotatable bonds is 20. The normalized spacial score (nSPS) is 13.1. The van der Waals surface area contributed by atoms with Gasteiger partial charge in [0.2, 0.25) is 0 Å². The van der Waals surface area contributed by atoms with E-state index in [1.54, 1.807) is 85.7 Å². The Morgan fingerprint density at radius 2 is 1.02 bits per heavy atom. The fourth-order valence-electron chi connectivity index (χ4n) is 6.33. The quantitative estimate of drug-likeness (QED) is 0.0695. The first-order valence-electron chi connectivity index (χ1n) is 20.1. The van der Waals surface area contributed by atoms with Crippen LogP contribution in [-0.2, 0) is 13.1 Å². The average molecular weight is 883 g/mol. The lowest BCUT2D eigenvalue weighted by Gasteiger charge is -2.26. The number of carboxylic acids is 2. The molecule has 0 bridgehead atoms. The maximum Gasteiger partial charge on any atom is 0.387 e. The van der Waals surface area contributed by atoms with Gasteiger partial charge >= 0.3 is 25.2 Å². The molecule has 332 valence electrons. The lowest BCUT2D eigenvalue weighted by Crippen LogP contribution is -2.18. The molecule has 8 rings (SSSR count). The van der Waals surface area contributed by atoms with Crippen LogP contribution in [0.5, 0.6) is 23.0 Å². The van der Waals surface area contributed by atoms with Gasteiger partial charge in [-0.25, -0.2) is 9.59 Å². The van der Waals surface area contributed by atoms with E-state index in [0.29, 0.717) is 65.7 Å². The van der Waals surface area contributed by atoms with Crippen LogP contribution in [-0.4, -0.2) is 68.5 Å². The number of anilines is 4. The smallest absolute Gasteiger partial charge is 0.387 e. The van der Waals surface area contributed by atoms with Gasteiger partial charge in [-0.05, 0) is 104 Å². The number of alkyl halides is 4. The topological polar surface area (TPSA) is 170 Å². The van der Waals surface area contributed by atoms with Crippen molar-refractivity contribution in [3.8, 4) is 23.0 Å². The molecule has 0 aliphatic heterocycles. The first kappa shape index (κ1) is 44.6. The van der Waals surface area contributed by atoms with Gasteiger partial charge in [-0.15, -0.1) is 0 Å². The Morgan fingerprint density at radius 3 is 1.44 bits per heavy atom. The van der Waals surface area contributed by atoms with Gasteiger partial charge in [0, 0.05) is 59.7 Å². The summed E-state index contributed by atoms with van der Waals surface area (Å²) in [5.41, 5.74) is 4.11. The van der Waals surface area contributed by atoms with E-state index < -0.39 is 25.2 Å². The molecule has 6 aromatic rings. The molecule has 0 atom stereocenters. The number of carbonyl (C=O) groups is 2. The minimum absolute atomic E-state index is 0.0370. The monoisotopic (exact) mass is 882 g/mol. The van der Waals surface area contributed by atoms with Crippen LogP contribution in [0.3, 0.4) is 0 Å². The Morgan fingerprint density at radius 1 is 0.562 bits per heavy atom. The van der Waals surface area contributed by atoms with Crippen LogP contribution < -0.4 is 28.7 Å².